The highest BCUT2D eigenvalue weighted by molar-refractivity contribution is 5.23. The van der Waals surface area contributed by atoms with Crippen molar-refractivity contribution in [2.45, 2.75) is 13.5 Å². The Bertz CT molecular complexity index is 245. The van der Waals surface area contributed by atoms with Crippen molar-refractivity contribution in [3.8, 4) is 0 Å². The Hall–Kier alpha value is -0.890. The van der Waals surface area contributed by atoms with Gasteiger partial charge in [-0.2, -0.15) is 0 Å². The van der Waals surface area contributed by atoms with Crippen LogP contribution in [0.15, 0.2) is 18.2 Å². The molecule has 1 rings (SSSR count). The Morgan fingerprint density at radius 3 is 2.82 bits per heavy atom. The summed E-state index contributed by atoms with van der Waals surface area (Å²) in [5, 5.41) is 0. The van der Waals surface area contributed by atoms with Crippen LogP contribution in [0.3, 0.4) is 0 Å². The summed E-state index contributed by atoms with van der Waals surface area (Å²) in [5.74, 6) is -0.183. The second-order valence-corrected chi connectivity index (χ2v) is 2.43. The number of ether oxygens (including phenoxy) is 1. The standard InChI is InChI=1S/C9H10FO/c1-7-5-8(6-11-2)3-4-9(7)10/h3-5H,2,6H2,1H3. The van der Waals surface area contributed by atoms with E-state index in [1.165, 1.54) is 6.07 Å². The summed E-state index contributed by atoms with van der Waals surface area (Å²) >= 11 is 0. The molecule has 0 aromatic heterocycles. The van der Waals surface area contributed by atoms with Crippen LogP contribution < -0.4 is 0 Å². The summed E-state index contributed by atoms with van der Waals surface area (Å²) in [6.07, 6.45) is 0. The lowest BCUT2D eigenvalue weighted by atomic mass is 10.1. The van der Waals surface area contributed by atoms with Crippen molar-refractivity contribution in [2.75, 3.05) is 0 Å². The molecular weight excluding hydrogens is 143 g/mol. The molecule has 0 heterocycles. The van der Waals surface area contributed by atoms with E-state index in [2.05, 4.69) is 11.8 Å². The van der Waals surface area contributed by atoms with Crippen molar-refractivity contribution in [3.05, 3.63) is 42.3 Å². The average molecular weight is 153 g/mol. The Kier molecular flexibility index (Phi) is 2.60. The van der Waals surface area contributed by atoms with Crippen LogP contribution in [0.4, 0.5) is 4.39 Å². The highest BCUT2D eigenvalue weighted by atomic mass is 19.1. The summed E-state index contributed by atoms with van der Waals surface area (Å²) in [7, 11) is 3.24. The maximum atomic E-state index is 12.7. The van der Waals surface area contributed by atoms with E-state index in [0.717, 1.165) is 5.56 Å². The van der Waals surface area contributed by atoms with Gasteiger partial charge in [-0.05, 0) is 24.1 Å². The Morgan fingerprint density at radius 2 is 2.27 bits per heavy atom. The van der Waals surface area contributed by atoms with Crippen LogP contribution in [0, 0.1) is 19.9 Å². The molecule has 11 heavy (non-hydrogen) atoms. The quantitative estimate of drug-likeness (QED) is 0.634. The molecule has 1 nitrogen and oxygen atoms in total. The minimum atomic E-state index is -0.183. The summed E-state index contributed by atoms with van der Waals surface area (Å²) in [5.41, 5.74) is 1.58. The maximum Gasteiger partial charge on any atom is 0.126 e. The van der Waals surface area contributed by atoms with Crippen molar-refractivity contribution < 1.29 is 9.13 Å². The van der Waals surface area contributed by atoms with E-state index in [1.807, 2.05) is 0 Å². The number of benzene rings is 1. The molecule has 0 saturated carbocycles. The number of aryl methyl sites for hydroxylation is 1. The molecule has 0 aliphatic carbocycles. The fourth-order valence-corrected chi connectivity index (χ4v) is 0.914. The summed E-state index contributed by atoms with van der Waals surface area (Å²) in [4.78, 5) is 0. The molecule has 0 unspecified atom stereocenters. The van der Waals surface area contributed by atoms with Crippen molar-refractivity contribution in [2.24, 2.45) is 0 Å². The van der Waals surface area contributed by atoms with Crippen LogP contribution in [0.5, 0.6) is 0 Å². The molecule has 1 aromatic rings. The molecule has 0 saturated heterocycles. The monoisotopic (exact) mass is 153 g/mol. The van der Waals surface area contributed by atoms with Gasteiger partial charge >= 0.3 is 0 Å². The van der Waals surface area contributed by atoms with Gasteiger partial charge in [-0.25, -0.2) is 4.39 Å². The van der Waals surface area contributed by atoms with Gasteiger partial charge in [0, 0.05) is 0 Å². The second-order valence-electron chi connectivity index (χ2n) is 2.43. The second kappa shape index (κ2) is 3.49. The van der Waals surface area contributed by atoms with Crippen LogP contribution in [-0.4, -0.2) is 0 Å². The lowest BCUT2D eigenvalue weighted by molar-refractivity contribution is 0.229. The van der Waals surface area contributed by atoms with Crippen LogP contribution >= 0.6 is 0 Å². The molecule has 1 radical (unpaired) electrons. The van der Waals surface area contributed by atoms with Gasteiger partial charge in [-0.1, -0.05) is 12.1 Å². The van der Waals surface area contributed by atoms with Gasteiger partial charge in [0.05, 0.1) is 13.7 Å². The smallest absolute Gasteiger partial charge is 0.126 e. The first-order chi connectivity index (χ1) is 5.24. The largest absolute Gasteiger partial charge is 0.374 e. The third kappa shape index (κ3) is 2.02. The first kappa shape index (κ1) is 8.21. The molecule has 59 valence electrons. The fraction of sp³-hybridized carbons (Fsp3) is 0.222. The zero-order valence-electron chi connectivity index (χ0n) is 6.43. The predicted molar refractivity (Wildman–Crippen MR) is 41.3 cm³/mol. The molecule has 0 bridgehead atoms. The van der Waals surface area contributed by atoms with Crippen LogP contribution in [0.25, 0.3) is 0 Å². The normalized spacial score (nSPS) is 10.1. The Labute approximate surface area is 65.8 Å². The molecule has 0 fully saturated rings. The van der Waals surface area contributed by atoms with Crippen molar-refractivity contribution in [3.63, 3.8) is 0 Å². The topological polar surface area (TPSA) is 9.23 Å². The van der Waals surface area contributed by atoms with Crippen molar-refractivity contribution in [1.82, 2.24) is 0 Å². The number of halogens is 1. The van der Waals surface area contributed by atoms with Gasteiger partial charge in [0.25, 0.3) is 0 Å². The first-order valence-electron chi connectivity index (χ1n) is 3.36. The van der Waals surface area contributed by atoms with Crippen molar-refractivity contribution in [1.29, 1.82) is 0 Å². The van der Waals surface area contributed by atoms with Gasteiger partial charge in [-0.3, -0.25) is 0 Å². The van der Waals surface area contributed by atoms with E-state index in [4.69, 9.17) is 0 Å². The molecular formula is C9H10FO. The van der Waals surface area contributed by atoms with Gasteiger partial charge in [0.2, 0.25) is 0 Å². The summed E-state index contributed by atoms with van der Waals surface area (Å²) < 4.78 is 17.3. The SMILES string of the molecule is [CH2]OCc1ccc(F)c(C)c1. The molecule has 0 spiro atoms. The minimum absolute atomic E-state index is 0.183. The van der Waals surface area contributed by atoms with Crippen LogP contribution in [-0.2, 0) is 11.3 Å². The first-order valence-corrected chi connectivity index (χ1v) is 3.36. The number of hydrogen-bond acceptors (Lipinski definition) is 1. The van der Waals surface area contributed by atoms with Gasteiger partial charge < -0.3 is 4.74 Å². The number of rotatable bonds is 2. The maximum absolute atomic E-state index is 12.7. The van der Waals surface area contributed by atoms with Gasteiger partial charge in [0.1, 0.15) is 5.82 Å². The van der Waals surface area contributed by atoms with Crippen molar-refractivity contribution >= 4 is 0 Å². The molecule has 0 aliphatic heterocycles. The van der Waals surface area contributed by atoms with E-state index in [0.29, 0.717) is 12.2 Å². The van der Waals surface area contributed by atoms with E-state index in [-0.39, 0.29) is 5.82 Å². The summed E-state index contributed by atoms with van der Waals surface area (Å²) in [6.45, 7) is 2.16. The molecule has 0 atom stereocenters. The third-order valence-electron chi connectivity index (χ3n) is 1.49. The average Bonchev–Trinajstić information content (AvgIpc) is 1.98. The summed E-state index contributed by atoms with van der Waals surface area (Å²) in [6, 6.07) is 4.87. The zero-order valence-corrected chi connectivity index (χ0v) is 6.43. The highest BCUT2D eigenvalue weighted by Gasteiger charge is 1.97. The molecule has 0 aliphatic rings. The molecule has 0 N–H and O–H groups in total. The van der Waals surface area contributed by atoms with E-state index < -0.39 is 0 Å². The van der Waals surface area contributed by atoms with Crippen LogP contribution in [0.2, 0.25) is 0 Å². The third-order valence-corrected chi connectivity index (χ3v) is 1.49. The Balaban J connectivity index is 2.86. The fourth-order valence-electron chi connectivity index (χ4n) is 0.914. The highest BCUT2D eigenvalue weighted by Crippen LogP contribution is 2.09. The minimum Gasteiger partial charge on any atom is -0.374 e. The van der Waals surface area contributed by atoms with E-state index >= 15 is 0 Å². The molecule has 1 aromatic carbocycles. The van der Waals surface area contributed by atoms with E-state index in [9.17, 15) is 4.39 Å². The zero-order chi connectivity index (χ0) is 8.27. The van der Waals surface area contributed by atoms with Gasteiger partial charge in [-0.15, -0.1) is 0 Å². The lowest BCUT2D eigenvalue weighted by Gasteiger charge is -2.00. The van der Waals surface area contributed by atoms with Gasteiger partial charge in [0.15, 0.2) is 0 Å². The lowest BCUT2D eigenvalue weighted by Crippen LogP contribution is -1.89. The predicted octanol–water partition coefficient (Wildman–Crippen LogP) is 2.44. The molecule has 0 amide bonds. The van der Waals surface area contributed by atoms with E-state index in [1.54, 1.807) is 19.1 Å². The Morgan fingerprint density at radius 1 is 1.55 bits per heavy atom. The number of hydrogen-bond donors (Lipinski definition) is 0. The molecule has 2 heteroatoms. The van der Waals surface area contributed by atoms with Crippen LogP contribution in [0.1, 0.15) is 11.1 Å².